The lowest BCUT2D eigenvalue weighted by atomic mass is 10.2. The summed E-state index contributed by atoms with van der Waals surface area (Å²) in [6, 6.07) is 19.3. The van der Waals surface area contributed by atoms with Gasteiger partial charge >= 0.3 is 0 Å². The van der Waals surface area contributed by atoms with Gasteiger partial charge in [-0.05, 0) is 42.0 Å². The highest BCUT2D eigenvalue weighted by Gasteiger charge is 2.19. The second-order valence-electron chi connectivity index (χ2n) is 5.86. The van der Waals surface area contributed by atoms with E-state index in [0.717, 1.165) is 20.3 Å². The summed E-state index contributed by atoms with van der Waals surface area (Å²) in [5.74, 6) is 0.560. The Balaban J connectivity index is 1.67. The lowest BCUT2D eigenvalue weighted by molar-refractivity contribution is -0.114. The quantitative estimate of drug-likeness (QED) is 0.364. The van der Waals surface area contributed by atoms with Crippen LogP contribution in [0.15, 0.2) is 81.9 Å². The Morgan fingerprint density at radius 1 is 1.15 bits per heavy atom. The molecule has 0 fully saturated rings. The molecule has 0 aliphatic carbocycles. The summed E-state index contributed by atoms with van der Waals surface area (Å²) in [5.41, 5.74) is 1.83. The summed E-state index contributed by atoms with van der Waals surface area (Å²) in [4.78, 5) is 19.2. The first kappa shape index (κ1) is 17.7. The Morgan fingerprint density at radius 3 is 2.78 bits per heavy atom. The van der Waals surface area contributed by atoms with Crippen LogP contribution in [0.3, 0.4) is 0 Å². The van der Waals surface area contributed by atoms with Gasteiger partial charge in [-0.25, -0.2) is 4.98 Å². The van der Waals surface area contributed by atoms with Crippen molar-refractivity contribution in [2.45, 2.75) is 6.54 Å². The Kier molecular flexibility index (Phi) is 5.18. The second-order valence-corrected chi connectivity index (χ2v) is 7.78. The van der Waals surface area contributed by atoms with Gasteiger partial charge < -0.3 is 4.42 Å². The third-order valence-corrected chi connectivity index (χ3v) is 5.48. The molecule has 0 spiro atoms. The molecule has 0 radical (unpaired) electrons. The number of rotatable bonds is 5. The minimum Gasteiger partial charge on any atom is -0.467 e. The Labute approximate surface area is 168 Å². The number of thiazole rings is 1. The molecule has 6 heteroatoms. The lowest BCUT2D eigenvalue weighted by Gasteiger charge is -2.16. The number of hydrogen-bond acceptors (Lipinski definition) is 4. The molecular weight excluding hydrogens is 424 g/mol. The smallest absolute Gasteiger partial charge is 0.253 e. The summed E-state index contributed by atoms with van der Waals surface area (Å²) in [7, 11) is 0. The molecule has 0 saturated carbocycles. The lowest BCUT2D eigenvalue weighted by Crippen LogP contribution is -2.28. The summed E-state index contributed by atoms with van der Waals surface area (Å²) in [5, 5.41) is 0.641. The van der Waals surface area contributed by atoms with E-state index in [2.05, 4.69) is 20.9 Å². The van der Waals surface area contributed by atoms with E-state index in [1.54, 1.807) is 23.3 Å². The summed E-state index contributed by atoms with van der Waals surface area (Å²) >= 11 is 4.96. The Bertz CT molecular complexity index is 1090. The highest BCUT2D eigenvalue weighted by atomic mass is 79.9. The van der Waals surface area contributed by atoms with Crippen molar-refractivity contribution in [1.82, 2.24) is 4.98 Å². The fourth-order valence-electron chi connectivity index (χ4n) is 2.62. The molecule has 27 heavy (non-hydrogen) atoms. The molecule has 4 aromatic rings. The van der Waals surface area contributed by atoms with E-state index < -0.39 is 0 Å². The minimum absolute atomic E-state index is 0.145. The third-order valence-electron chi connectivity index (χ3n) is 3.95. The van der Waals surface area contributed by atoms with E-state index >= 15 is 0 Å². The van der Waals surface area contributed by atoms with Gasteiger partial charge in [0.15, 0.2) is 5.13 Å². The molecule has 2 heterocycles. The van der Waals surface area contributed by atoms with Gasteiger partial charge in [-0.3, -0.25) is 9.69 Å². The zero-order valence-corrected chi connectivity index (χ0v) is 16.6. The highest BCUT2D eigenvalue weighted by molar-refractivity contribution is 9.10. The average molecular weight is 439 g/mol. The Hall–Kier alpha value is -2.70. The predicted octanol–water partition coefficient (Wildman–Crippen LogP) is 5.90. The highest BCUT2D eigenvalue weighted by Crippen LogP contribution is 2.32. The van der Waals surface area contributed by atoms with Crippen LogP contribution in [0.5, 0.6) is 0 Å². The maximum absolute atomic E-state index is 12.9. The SMILES string of the molecule is O=C(/C=C/c1ccccc1)N(Cc1ccco1)c1nc2ccc(Br)cc2s1. The molecule has 0 unspecified atom stereocenters. The zero-order valence-electron chi connectivity index (χ0n) is 14.2. The second kappa shape index (κ2) is 7.90. The maximum Gasteiger partial charge on any atom is 0.253 e. The normalized spacial score (nSPS) is 11.3. The van der Waals surface area contributed by atoms with Gasteiger partial charge in [0.05, 0.1) is 23.0 Å². The van der Waals surface area contributed by atoms with E-state index in [-0.39, 0.29) is 5.91 Å². The van der Waals surface area contributed by atoms with Crippen molar-refractivity contribution in [3.05, 3.63) is 88.8 Å². The van der Waals surface area contributed by atoms with Crippen molar-refractivity contribution in [1.29, 1.82) is 0 Å². The molecule has 2 aromatic carbocycles. The van der Waals surface area contributed by atoms with E-state index in [4.69, 9.17) is 4.42 Å². The first-order valence-electron chi connectivity index (χ1n) is 8.32. The summed E-state index contributed by atoms with van der Waals surface area (Å²) in [6.07, 6.45) is 4.98. The zero-order chi connectivity index (χ0) is 18.6. The van der Waals surface area contributed by atoms with Crippen LogP contribution < -0.4 is 4.90 Å². The molecule has 134 valence electrons. The molecule has 4 rings (SSSR count). The first-order valence-corrected chi connectivity index (χ1v) is 9.93. The van der Waals surface area contributed by atoms with Crippen LogP contribution in [0.2, 0.25) is 0 Å². The number of amides is 1. The van der Waals surface area contributed by atoms with Gasteiger partial charge in [-0.2, -0.15) is 0 Å². The number of benzene rings is 2. The molecule has 1 amide bonds. The number of fused-ring (bicyclic) bond motifs is 1. The molecule has 0 aliphatic heterocycles. The van der Waals surface area contributed by atoms with Crippen LogP contribution in [-0.4, -0.2) is 10.9 Å². The van der Waals surface area contributed by atoms with Crippen molar-refractivity contribution >= 4 is 54.6 Å². The molecular formula is C21H15BrN2O2S. The van der Waals surface area contributed by atoms with Crippen molar-refractivity contribution in [2.75, 3.05) is 4.90 Å². The number of furan rings is 1. The fourth-order valence-corrected chi connectivity index (χ4v) is 4.14. The van der Waals surface area contributed by atoms with Crippen molar-refractivity contribution < 1.29 is 9.21 Å². The molecule has 4 nitrogen and oxygen atoms in total. The maximum atomic E-state index is 12.9. The minimum atomic E-state index is -0.145. The van der Waals surface area contributed by atoms with Crippen LogP contribution >= 0.6 is 27.3 Å². The van der Waals surface area contributed by atoms with Gasteiger partial charge in [0, 0.05) is 10.5 Å². The third kappa shape index (κ3) is 4.18. The van der Waals surface area contributed by atoms with Crippen molar-refractivity contribution in [3.63, 3.8) is 0 Å². The standard InChI is InChI=1S/C21H15BrN2O2S/c22-16-9-10-18-19(13-16)27-21(23-18)24(14-17-7-4-12-26-17)20(25)11-8-15-5-2-1-3-6-15/h1-13H,14H2/b11-8+. The predicted molar refractivity (Wildman–Crippen MR) is 113 cm³/mol. The molecule has 0 atom stereocenters. The molecule has 0 aliphatic rings. The Morgan fingerprint density at radius 2 is 2.00 bits per heavy atom. The topological polar surface area (TPSA) is 46.3 Å². The van der Waals surface area contributed by atoms with Gasteiger partial charge in [0.25, 0.3) is 5.91 Å². The van der Waals surface area contributed by atoms with Gasteiger partial charge in [0.1, 0.15) is 5.76 Å². The van der Waals surface area contributed by atoms with Gasteiger partial charge in [0.2, 0.25) is 0 Å². The van der Waals surface area contributed by atoms with Crippen LogP contribution in [0.25, 0.3) is 16.3 Å². The number of carbonyl (C=O) groups is 1. The number of nitrogens with zero attached hydrogens (tertiary/aromatic N) is 2. The molecule has 0 bridgehead atoms. The van der Waals surface area contributed by atoms with E-state index in [1.165, 1.54) is 11.3 Å². The van der Waals surface area contributed by atoms with E-state index in [0.29, 0.717) is 17.4 Å². The number of halogens is 1. The molecule has 0 N–H and O–H groups in total. The summed E-state index contributed by atoms with van der Waals surface area (Å²) in [6.45, 7) is 0.325. The number of carbonyl (C=O) groups excluding carboxylic acids is 1. The van der Waals surface area contributed by atoms with E-state index in [1.807, 2.05) is 60.7 Å². The first-order chi connectivity index (χ1) is 13.2. The summed E-state index contributed by atoms with van der Waals surface area (Å²) < 4.78 is 7.44. The van der Waals surface area contributed by atoms with E-state index in [9.17, 15) is 4.79 Å². The number of anilines is 1. The van der Waals surface area contributed by atoms with Crippen LogP contribution in [0, 0.1) is 0 Å². The van der Waals surface area contributed by atoms with Gasteiger partial charge in [-0.1, -0.05) is 57.6 Å². The molecule has 2 aromatic heterocycles. The van der Waals surface area contributed by atoms with Crippen LogP contribution in [0.1, 0.15) is 11.3 Å². The fraction of sp³-hybridized carbons (Fsp3) is 0.0476. The van der Waals surface area contributed by atoms with Crippen LogP contribution in [0.4, 0.5) is 5.13 Å². The number of aromatic nitrogens is 1. The largest absolute Gasteiger partial charge is 0.467 e. The molecule has 0 saturated heterocycles. The van der Waals surface area contributed by atoms with Crippen molar-refractivity contribution in [2.24, 2.45) is 0 Å². The van der Waals surface area contributed by atoms with Crippen molar-refractivity contribution in [3.8, 4) is 0 Å². The monoisotopic (exact) mass is 438 g/mol. The average Bonchev–Trinajstić information content (AvgIpc) is 3.34. The number of hydrogen-bond donors (Lipinski definition) is 0. The van der Waals surface area contributed by atoms with Crippen LogP contribution in [-0.2, 0) is 11.3 Å². The van der Waals surface area contributed by atoms with Gasteiger partial charge in [-0.15, -0.1) is 0 Å².